The lowest BCUT2D eigenvalue weighted by atomic mass is 10.0. The predicted octanol–water partition coefficient (Wildman–Crippen LogP) is 6.54. The van der Waals surface area contributed by atoms with Crippen LogP contribution >= 0.6 is 0 Å². The molecule has 0 atom stereocenters. The smallest absolute Gasteiger partial charge is 0.339 e. The number of carbonyl (C=O) groups is 1. The summed E-state index contributed by atoms with van der Waals surface area (Å²) in [5, 5.41) is 20.4. The summed E-state index contributed by atoms with van der Waals surface area (Å²) in [6.07, 6.45) is 12.9. The van der Waals surface area contributed by atoms with Crippen LogP contribution in [0.15, 0.2) is 30.3 Å². The van der Waals surface area contributed by atoms with Gasteiger partial charge in [0, 0.05) is 5.39 Å². The molecule has 4 nitrogen and oxygen atoms in total. The number of benzene rings is 2. The molecule has 27 heavy (non-hydrogen) atoms. The average molecular weight is 373 g/mol. The first-order valence-electron chi connectivity index (χ1n) is 10.2. The second-order valence-electron chi connectivity index (χ2n) is 7.18. The SMILES string of the molecule is CCCCCCCCCCCCOc1ccc2c(O)c(C(=O)O)ccc2c1. The van der Waals surface area contributed by atoms with Gasteiger partial charge in [-0.15, -0.1) is 0 Å². The molecule has 0 radical (unpaired) electrons. The van der Waals surface area contributed by atoms with Crippen molar-refractivity contribution in [3.63, 3.8) is 0 Å². The van der Waals surface area contributed by atoms with Crippen LogP contribution in [0, 0.1) is 0 Å². The van der Waals surface area contributed by atoms with E-state index >= 15 is 0 Å². The second kappa shape index (κ2) is 11.5. The van der Waals surface area contributed by atoms with Crippen LogP contribution in [0.4, 0.5) is 0 Å². The summed E-state index contributed by atoms with van der Waals surface area (Å²) < 4.78 is 5.81. The van der Waals surface area contributed by atoms with E-state index in [2.05, 4.69) is 6.92 Å². The third kappa shape index (κ3) is 6.78. The van der Waals surface area contributed by atoms with Crippen LogP contribution < -0.4 is 4.74 Å². The Bertz CT molecular complexity index is 724. The van der Waals surface area contributed by atoms with Crippen molar-refractivity contribution < 1.29 is 19.7 Å². The van der Waals surface area contributed by atoms with E-state index in [0.29, 0.717) is 12.0 Å². The lowest BCUT2D eigenvalue weighted by molar-refractivity contribution is 0.0694. The molecule has 0 aliphatic heterocycles. The van der Waals surface area contributed by atoms with Crippen molar-refractivity contribution in [2.24, 2.45) is 0 Å². The van der Waals surface area contributed by atoms with E-state index in [0.717, 1.165) is 17.6 Å². The van der Waals surface area contributed by atoms with Gasteiger partial charge >= 0.3 is 5.97 Å². The Hall–Kier alpha value is -2.23. The first-order valence-corrected chi connectivity index (χ1v) is 10.2. The highest BCUT2D eigenvalue weighted by molar-refractivity contribution is 6.00. The number of carboxylic acids is 1. The van der Waals surface area contributed by atoms with E-state index in [4.69, 9.17) is 9.84 Å². The van der Waals surface area contributed by atoms with Gasteiger partial charge in [-0.25, -0.2) is 4.79 Å². The average Bonchev–Trinajstić information content (AvgIpc) is 2.66. The minimum atomic E-state index is -1.13. The summed E-state index contributed by atoms with van der Waals surface area (Å²) >= 11 is 0. The first-order chi connectivity index (χ1) is 13.1. The number of hydrogen-bond donors (Lipinski definition) is 2. The van der Waals surface area contributed by atoms with Gasteiger partial charge in [-0.3, -0.25) is 0 Å². The van der Waals surface area contributed by atoms with Crippen LogP contribution in [-0.4, -0.2) is 22.8 Å². The molecule has 0 saturated heterocycles. The standard InChI is InChI=1S/C23H32O4/c1-2-3-4-5-6-7-8-9-10-11-16-27-19-13-15-20-18(17-19)12-14-21(22(20)24)23(25)26/h12-15,17,24H,2-11,16H2,1H3,(H,25,26). The van der Waals surface area contributed by atoms with Gasteiger partial charge in [-0.1, -0.05) is 70.8 Å². The van der Waals surface area contributed by atoms with Gasteiger partial charge in [-0.05, 0) is 36.1 Å². The van der Waals surface area contributed by atoms with Crippen LogP contribution in [-0.2, 0) is 0 Å². The molecule has 0 amide bonds. The summed E-state index contributed by atoms with van der Waals surface area (Å²) in [7, 11) is 0. The van der Waals surface area contributed by atoms with Gasteiger partial charge in [0.15, 0.2) is 0 Å². The zero-order valence-corrected chi connectivity index (χ0v) is 16.4. The maximum Gasteiger partial charge on any atom is 0.339 e. The first kappa shape index (κ1) is 21.1. The molecule has 2 N–H and O–H groups in total. The van der Waals surface area contributed by atoms with Crippen molar-refractivity contribution >= 4 is 16.7 Å². The van der Waals surface area contributed by atoms with Gasteiger partial charge in [-0.2, -0.15) is 0 Å². The summed E-state index contributed by atoms with van der Waals surface area (Å²) in [6.45, 7) is 2.93. The van der Waals surface area contributed by atoms with Crippen LogP contribution in [0.3, 0.4) is 0 Å². The molecule has 0 bridgehead atoms. The Labute approximate surface area is 162 Å². The van der Waals surface area contributed by atoms with Crippen molar-refractivity contribution in [2.75, 3.05) is 6.61 Å². The molecule has 148 valence electrons. The van der Waals surface area contributed by atoms with Crippen LogP contribution in [0.1, 0.15) is 81.5 Å². The number of aromatic hydroxyl groups is 1. The van der Waals surface area contributed by atoms with Gasteiger partial charge in [0.05, 0.1) is 6.61 Å². The van der Waals surface area contributed by atoms with Gasteiger partial charge in [0.2, 0.25) is 0 Å². The number of aromatic carboxylic acids is 1. The van der Waals surface area contributed by atoms with E-state index in [1.165, 1.54) is 63.9 Å². The number of carboxylic acid groups (broad SMARTS) is 1. The van der Waals surface area contributed by atoms with Crippen molar-refractivity contribution in [2.45, 2.75) is 71.1 Å². The largest absolute Gasteiger partial charge is 0.506 e. The van der Waals surface area contributed by atoms with Gasteiger partial charge in [0.1, 0.15) is 17.1 Å². The fourth-order valence-corrected chi connectivity index (χ4v) is 3.33. The number of fused-ring (bicyclic) bond motifs is 1. The molecule has 0 aromatic heterocycles. The van der Waals surface area contributed by atoms with E-state index < -0.39 is 5.97 Å². The molecule has 0 aliphatic rings. The normalized spacial score (nSPS) is 11.0. The van der Waals surface area contributed by atoms with Crippen molar-refractivity contribution in [1.29, 1.82) is 0 Å². The van der Waals surface area contributed by atoms with E-state index in [-0.39, 0.29) is 11.3 Å². The number of unbranched alkanes of at least 4 members (excludes halogenated alkanes) is 9. The molecular formula is C23H32O4. The third-order valence-corrected chi connectivity index (χ3v) is 4.96. The number of ether oxygens (including phenoxy) is 1. The molecule has 2 aromatic rings. The summed E-state index contributed by atoms with van der Waals surface area (Å²) in [6, 6.07) is 8.46. The van der Waals surface area contributed by atoms with E-state index in [1.807, 2.05) is 6.07 Å². The zero-order chi connectivity index (χ0) is 19.5. The Kier molecular flexibility index (Phi) is 8.96. The van der Waals surface area contributed by atoms with Crippen LogP contribution in [0.2, 0.25) is 0 Å². The zero-order valence-electron chi connectivity index (χ0n) is 16.4. The maximum absolute atomic E-state index is 11.1. The van der Waals surface area contributed by atoms with E-state index in [1.54, 1.807) is 18.2 Å². The molecular weight excluding hydrogens is 340 g/mol. The van der Waals surface area contributed by atoms with Crippen LogP contribution in [0.5, 0.6) is 11.5 Å². The fourth-order valence-electron chi connectivity index (χ4n) is 3.33. The Balaban J connectivity index is 1.67. The fraction of sp³-hybridized carbons (Fsp3) is 0.522. The highest BCUT2D eigenvalue weighted by Crippen LogP contribution is 2.31. The number of hydrogen-bond acceptors (Lipinski definition) is 3. The maximum atomic E-state index is 11.1. The predicted molar refractivity (Wildman–Crippen MR) is 110 cm³/mol. The molecule has 2 rings (SSSR count). The molecule has 0 spiro atoms. The topological polar surface area (TPSA) is 66.8 Å². The molecule has 0 fully saturated rings. The Morgan fingerprint density at radius 2 is 1.52 bits per heavy atom. The van der Waals surface area contributed by atoms with Gasteiger partial charge in [0.25, 0.3) is 0 Å². The lowest BCUT2D eigenvalue weighted by Crippen LogP contribution is -1.98. The van der Waals surface area contributed by atoms with Crippen molar-refractivity contribution in [1.82, 2.24) is 0 Å². The second-order valence-corrected chi connectivity index (χ2v) is 7.18. The minimum absolute atomic E-state index is 0.0819. The summed E-state index contributed by atoms with van der Waals surface area (Å²) in [4.78, 5) is 11.1. The Morgan fingerprint density at radius 3 is 2.15 bits per heavy atom. The van der Waals surface area contributed by atoms with Crippen molar-refractivity contribution in [3.05, 3.63) is 35.9 Å². The third-order valence-electron chi connectivity index (χ3n) is 4.96. The van der Waals surface area contributed by atoms with E-state index in [9.17, 15) is 9.90 Å². The monoisotopic (exact) mass is 372 g/mol. The quantitative estimate of drug-likeness (QED) is 0.392. The molecule has 2 aromatic carbocycles. The lowest BCUT2D eigenvalue weighted by Gasteiger charge is -2.09. The molecule has 4 heteroatoms. The summed E-state index contributed by atoms with van der Waals surface area (Å²) in [5.74, 6) is -0.571. The highest BCUT2D eigenvalue weighted by atomic mass is 16.5. The van der Waals surface area contributed by atoms with Gasteiger partial charge < -0.3 is 14.9 Å². The molecule has 0 aliphatic carbocycles. The Morgan fingerprint density at radius 1 is 0.889 bits per heavy atom. The number of phenols is 1. The summed E-state index contributed by atoms with van der Waals surface area (Å²) in [5.41, 5.74) is -0.0819. The van der Waals surface area contributed by atoms with Crippen LogP contribution in [0.25, 0.3) is 10.8 Å². The molecule has 0 heterocycles. The molecule has 0 unspecified atom stereocenters. The van der Waals surface area contributed by atoms with Crippen molar-refractivity contribution in [3.8, 4) is 11.5 Å². The number of rotatable bonds is 13. The molecule has 0 saturated carbocycles. The minimum Gasteiger partial charge on any atom is -0.506 e. The highest BCUT2D eigenvalue weighted by Gasteiger charge is 2.12.